The Morgan fingerprint density at radius 3 is 2.06 bits per heavy atom. The molecule has 0 spiro atoms. The van der Waals surface area contributed by atoms with Gasteiger partial charge in [-0.1, -0.05) is 91.9 Å². The number of unbranched alkanes of at least 4 members (excludes halogenated alkanes) is 5. The largest absolute Gasteiger partial charge is 0.0654 e. The molecular formula is C16H32. The van der Waals surface area contributed by atoms with Crippen molar-refractivity contribution in [3.05, 3.63) is 13.8 Å². The molecule has 0 aliphatic heterocycles. The summed E-state index contributed by atoms with van der Waals surface area (Å²) in [4.78, 5) is 0. The summed E-state index contributed by atoms with van der Waals surface area (Å²) in [6.45, 7) is 12.3. The summed E-state index contributed by atoms with van der Waals surface area (Å²) in [6.07, 6.45) is 13.5. The van der Waals surface area contributed by atoms with Crippen LogP contribution in [0.3, 0.4) is 0 Å². The maximum Gasteiger partial charge on any atom is -0.0388 e. The molecule has 0 aromatic heterocycles. The minimum Gasteiger partial charge on any atom is -0.0654 e. The summed E-state index contributed by atoms with van der Waals surface area (Å²) in [7, 11) is 0. The van der Waals surface area contributed by atoms with Crippen molar-refractivity contribution in [3.63, 3.8) is 0 Å². The van der Waals surface area contributed by atoms with E-state index in [-0.39, 0.29) is 0 Å². The van der Waals surface area contributed by atoms with E-state index in [1.807, 2.05) is 0 Å². The van der Waals surface area contributed by atoms with Crippen LogP contribution in [0.2, 0.25) is 0 Å². The van der Waals surface area contributed by atoms with Crippen LogP contribution in [-0.4, -0.2) is 0 Å². The minimum absolute atomic E-state index is 0.954. The van der Waals surface area contributed by atoms with E-state index in [0.717, 1.165) is 24.7 Å². The van der Waals surface area contributed by atoms with Gasteiger partial charge in [0.2, 0.25) is 0 Å². The highest BCUT2D eigenvalue weighted by atomic mass is 14.3. The first-order chi connectivity index (χ1) is 7.76. The van der Waals surface area contributed by atoms with Gasteiger partial charge in [0, 0.05) is 0 Å². The van der Waals surface area contributed by atoms with Crippen LogP contribution < -0.4 is 0 Å². The third kappa shape index (κ3) is 8.19. The van der Waals surface area contributed by atoms with Crippen molar-refractivity contribution in [1.29, 1.82) is 0 Å². The first-order valence-corrected chi connectivity index (χ1v) is 7.34. The van der Waals surface area contributed by atoms with E-state index in [1.165, 1.54) is 51.4 Å². The summed E-state index contributed by atoms with van der Waals surface area (Å²) in [5.74, 6) is 1.92. The van der Waals surface area contributed by atoms with E-state index in [0.29, 0.717) is 0 Å². The van der Waals surface area contributed by atoms with Crippen molar-refractivity contribution in [3.8, 4) is 0 Å². The molecule has 2 unspecified atom stereocenters. The average Bonchev–Trinajstić information content (AvgIpc) is 2.71. The van der Waals surface area contributed by atoms with Crippen LogP contribution in [0, 0.1) is 25.7 Å². The second-order valence-corrected chi connectivity index (χ2v) is 5.22. The van der Waals surface area contributed by atoms with Crippen LogP contribution in [0.15, 0.2) is 0 Å². The average molecular weight is 224 g/mol. The van der Waals surface area contributed by atoms with Gasteiger partial charge in [-0.15, -0.1) is 0 Å². The molecule has 2 atom stereocenters. The molecule has 0 aromatic rings. The van der Waals surface area contributed by atoms with E-state index < -0.39 is 0 Å². The summed E-state index contributed by atoms with van der Waals surface area (Å²) in [5.41, 5.74) is 0. The molecule has 0 saturated heterocycles. The van der Waals surface area contributed by atoms with Crippen molar-refractivity contribution < 1.29 is 0 Å². The van der Waals surface area contributed by atoms with Gasteiger partial charge < -0.3 is 0 Å². The SMILES string of the molecule is [CH2]CC1CCCC1C.[CH2]CCCCCCC. The van der Waals surface area contributed by atoms with E-state index in [2.05, 4.69) is 27.7 Å². The Hall–Kier alpha value is 0. The molecule has 0 nitrogen and oxygen atoms in total. The van der Waals surface area contributed by atoms with Crippen LogP contribution in [0.4, 0.5) is 0 Å². The van der Waals surface area contributed by atoms with Crippen LogP contribution in [0.1, 0.15) is 78.1 Å². The smallest absolute Gasteiger partial charge is 0.0388 e. The van der Waals surface area contributed by atoms with E-state index in [9.17, 15) is 0 Å². The van der Waals surface area contributed by atoms with E-state index in [4.69, 9.17) is 0 Å². The topological polar surface area (TPSA) is 0 Å². The highest BCUT2D eigenvalue weighted by Gasteiger charge is 2.20. The van der Waals surface area contributed by atoms with Gasteiger partial charge in [0.05, 0.1) is 0 Å². The van der Waals surface area contributed by atoms with Crippen molar-refractivity contribution in [2.75, 3.05) is 0 Å². The number of hydrogen-bond acceptors (Lipinski definition) is 0. The number of rotatable bonds is 6. The molecule has 1 aliphatic carbocycles. The first-order valence-electron chi connectivity index (χ1n) is 7.34. The van der Waals surface area contributed by atoms with Crippen molar-refractivity contribution >= 4 is 0 Å². The van der Waals surface area contributed by atoms with Crippen molar-refractivity contribution in [2.45, 2.75) is 78.1 Å². The molecular weight excluding hydrogens is 192 g/mol. The van der Waals surface area contributed by atoms with Crippen LogP contribution >= 0.6 is 0 Å². The molecule has 1 aliphatic rings. The minimum atomic E-state index is 0.954. The molecule has 0 N–H and O–H groups in total. The quantitative estimate of drug-likeness (QED) is 0.498. The lowest BCUT2D eigenvalue weighted by atomic mass is 9.96. The zero-order chi connectivity index (χ0) is 12.2. The molecule has 0 amide bonds. The molecule has 1 saturated carbocycles. The predicted octanol–water partition coefficient (Wildman–Crippen LogP) is 5.83. The summed E-state index contributed by atoms with van der Waals surface area (Å²) in [5, 5.41) is 0. The summed E-state index contributed by atoms with van der Waals surface area (Å²) in [6, 6.07) is 0. The Balaban J connectivity index is 0.000000281. The van der Waals surface area contributed by atoms with E-state index >= 15 is 0 Å². The fourth-order valence-corrected chi connectivity index (χ4v) is 2.43. The normalized spacial score (nSPS) is 24.0. The lowest BCUT2D eigenvalue weighted by molar-refractivity contribution is 0.422. The molecule has 0 heteroatoms. The Morgan fingerprint density at radius 2 is 1.69 bits per heavy atom. The summed E-state index contributed by atoms with van der Waals surface area (Å²) >= 11 is 0. The van der Waals surface area contributed by atoms with Gasteiger partial charge >= 0.3 is 0 Å². The second-order valence-electron chi connectivity index (χ2n) is 5.22. The van der Waals surface area contributed by atoms with Gasteiger partial charge in [-0.05, 0) is 11.8 Å². The molecule has 96 valence electrons. The Labute approximate surface area is 104 Å². The lowest BCUT2D eigenvalue weighted by Crippen LogP contribution is -2.00. The molecule has 1 rings (SSSR count). The molecule has 1 fully saturated rings. The first kappa shape index (κ1) is 16.0. The molecule has 0 aromatic carbocycles. The maximum atomic E-state index is 3.92. The zero-order valence-electron chi connectivity index (χ0n) is 11.6. The zero-order valence-corrected chi connectivity index (χ0v) is 11.6. The van der Waals surface area contributed by atoms with E-state index in [1.54, 1.807) is 0 Å². The van der Waals surface area contributed by atoms with Gasteiger partial charge in [0.15, 0.2) is 0 Å². The van der Waals surface area contributed by atoms with Gasteiger partial charge in [0.1, 0.15) is 0 Å². The lowest BCUT2D eigenvalue weighted by Gasteiger charge is -2.10. The summed E-state index contributed by atoms with van der Waals surface area (Å²) < 4.78 is 0. The van der Waals surface area contributed by atoms with Crippen LogP contribution in [0.5, 0.6) is 0 Å². The fraction of sp³-hybridized carbons (Fsp3) is 0.875. The Morgan fingerprint density at radius 1 is 1.00 bits per heavy atom. The highest BCUT2D eigenvalue weighted by molar-refractivity contribution is 4.74. The van der Waals surface area contributed by atoms with Gasteiger partial charge in [0.25, 0.3) is 0 Å². The molecule has 2 radical (unpaired) electrons. The van der Waals surface area contributed by atoms with Gasteiger partial charge in [-0.2, -0.15) is 0 Å². The van der Waals surface area contributed by atoms with Crippen LogP contribution in [0.25, 0.3) is 0 Å². The van der Waals surface area contributed by atoms with Crippen molar-refractivity contribution in [1.82, 2.24) is 0 Å². The standard InChI is InChI=1S/C8H15.C8H17/c1-3-8-6-4-5-7(8)2;1-3-5-7-8-6-4-2/h7-8H,1,3-6H2,2H3;1,3-8H2,2H3. The third-order valence-corrected chi connectivity index (χ3v) is 3.76. The van der Waals surface area contributed by atoms with Gasteiger partial charge in [-0.25, -0.2) is 0 Å². The Bertz CT molecular complexity index is 122. The van der Waals surface area contributed by atoms with Gasteiger partial charge in [-0.3, -0.25) is 0 Å². The molecule has 0 bridgehead atoms. The third-order valence-electron chi connectivity index (χ3n) is 3.76. The monoisotopic (exact) mass is 224 g/mol. The Kier molecular flexibility index (Phi) is 11.5. The maximum absolute atomic E-state index is 3.92. The molecule has 16 heavy (non-hydrogen) atoms. The van der Waals surface area contributed by atoms with Crippen molar-refractivity contribution in [2.24, 2.45) is 11.8 Å². The highest BCUT2D eigenvalue weighted by Crippen LogP contribution is 2.32. The second kappa shape index (κ2) is 11.5. The molecule has 0 heterocycles. The number of hydrogen-bond donors (Lipinski definition) is 0. The predicted molar refractivity (Wildman–Crippen MR) is 75.2 cm³/mol. The fourth-order valence-electron chi connectivity index (χ4n) is 2.43. The van der Waals surface area contributed by atoms with Crippen LogP contribution in [-0.2, 0) is 0 Å².